The Hall–Kier alpha value is -1.16. The van der Waals surface area contributed by atoms with Gasteiger partial charge in [0.1, 0.15) is 0 Å². The third kappa shape index (κ3) is 3.95. The summed E-state index contributed by atoms with van der Waals surface area (Å²) in [7, 11) is 3.15. The quantitative estimate of drug-likeness (QED) is 0.710. The van der Waals surface area contributed by atoms with Crippen LogP contribution in [0.5, 0.6) is 11.5 Å². The normalized spacial score (nSPS) is 12.0. The van der Waals surface area contributed by atoms with Gasteiger partial charge in [-0.1, -0.05) is 13.8 Å². The molecule has 0 spiro atoms. The van der Waals surface area contributed by atoms with E-state index in [4.69, 9.17) is 9.47 Å². The summed E-state index contributed by atoms with van der Waals surface area (Å²) in [5.41, 5.74) is 0.670. The molecule has 0 bridgehead atoms. The van der Waals surface area contributed by atoms with Crippen molar-refractivity contribution in [1.82, 2.24) is 0 Å². The Kier molecular flexibility index (Phi) is 6.05. The van der Waals surface area contributed by atoms with Crippen LogP contribution in [0.15, 0.2) is 18.2 Å². The second-order valence-corrected chi connectivity index (χ2v) is 5.45. The molecule has 0 aliphatic carbocycles. The van der Waals surface area contributed by atoms with Crippen molar-refractivity contribution in [3.05, 3.63) is 23.8 Å². The van der Waals surface area contributed by atoms with Crippen LogP contribution in [0.4, 0.5) is 0 Å². The zero-order valence-corrected chi connectivity index (χ0v) is 12.2. The monoisotopic (exact) mass is 268 g/mol. The maximum atomic E-state index is 12.0. The summed E-state index contributed by atoms with van der Waals surface area (Å²) in [4.78, 5) is 12.0. The summed E-state index contributed by atoms with van der Waals surface area (Å²) < 4.78 is 10.3. The van der Waals surface area contributed by atoms with Gasteiger partial charge in [-0.05, 0) is 24.6 Å². The molecule has 0 aliphatic rings. The molecule has 3 nitrogen and oxygen atoms in total. The number of carbonyl (C=O) groups excluding carboxylic acids is 1. The van der Waals surface area contributed by atoms with Crippen LogP contribution in [0.25, 0.3) is 0 Å². The Bertz CT molecular complexity index is 404. The van der Waals surface area contributed by atoms with Crippen molar-refractivity contribution in [3.8, 4) is 11.5 Å². The van der Waals surface area contributed by atoms with Crippen molar-refractivity contribution >= 4 is 17.5 Å². The zero-order valence-electron chi connectivity index (χ0n) is 11.4. The van der Waals surface area contributed by atoms with Crippen LogP contribution in [0.2, 0.25) is 0 Å². The Morgan fingerprint density at radius 3 is 2.50 bits per heavy atom. The minimum absolute atomic E-state index is 0.126. The zero-order chi connectivity index (χ0) is 13.5. The summed E-state index contributed by atoms with van der Waals surface area (Å²) in [5, 5.41) is 0.508. The molecule has 1 aromatic carbocycles. The minimum Gasteiger partial charge on any atom is -0.493 e. The van der Waals surface area contributed by atoms with Gasteiger partial charge in [0.05, 0.1) is 20.0 Å². The van der Waals surface area contributed by atoms with E-state index in [2.05, 4.69) is 13.8 Å². The summed E-state index contributed by atoms with van der Waals surface area (Å²) in [6, 6.07) is 5.28. The molecule has 0 heterocycles. The van der Waals surface area contributed by atoms with E-state index < -0.39 is 0 Å². The van der Waals surface area contributed by atoms with Gasteiger partial charge < -0.3 is 9.47 Å². The van der Waals surface area contributed by atoms with Crippen LogP contribution in [-0.2, 0) is 0 Å². The smallest absolute Gasteiger partial charge is 0.172 e. The van der Waals surface area contributed by atoms with E-state index in [0.717, 1.165) is 6.42 Å². The third-order valence-electron chi connectivity index (χ3n) is 2.78. The fourth-order valence-electron chi connectivity index (χ4n) is 1.43. The lowest BCUT2D eigenvalue weighted by molar-refractivity contribution is 0.102. The molecule has 0 saturated carbocycles. The van der Waals surface area contributed by atoms with Gasteiger partial charge in [0.2, 0.25) is 0 Å². The Labute approximate surface area is 113 Å². The fourth-order valence-corrected chi connectivity index (χ4v) is 2.27. The Balaban J connectivity index is 2.74. The molecule has 1 atom stereocenters. The standard InChI is InChI=1S/C14H20O3S/c1-5-10(2)18-9-12(15)11-6-7-13(16-3)14(8-11)17-4/h6-8,10H,5,9H2,1-4H3/t10-/m1/s1. The summed E-state index contributed by atoms with van der Waals surface area (Å²) in [5.74, 6) is 1.87. The van der Waals surface area contributed by atoms with E-state index in [1.54, 1.807) is 44.2 Å². The average Bonchev–Trinajstić information content (AvgIpc) is 2.43. The van der Waals surface area contributed by atoms with E-state index in [9.17, 15) is 4.79 Å². The molecule has 0 radical (unpaired) electrons. The fraction of sp³-hybridized carbons (Fsp3) is 0.500. The second-order valence-electron chi connectivity index (χ2n) is 4.02. The maximum Gasteiger partial charge on any atom is 0.172 e. The molecule has 1 rings (SSSR count). The van der Waals surface area contributed by atoms with Crippen molar-refractivity contribution in [1.29, 1.82) is 0 Å². The predicted molar refractivity (Wildman–Crippen MR) is 76.1 cm³/mol. The summed E-state index contributed by atoms with van der Waals surface area (Å²) in [6.07, 6.45) is 1.07. The van der Waals surface area contributed by atoms with E-state index in [1.165, 1.54) is 0 Å². The third-order valence-corrected chi connectivity index (χ3v) is 4.11. The van der Waals surface area contributed by atoms with Crippen LogP contribution < -0.4 is 9.47 Å². The summed E-state index contributed by atoms with van der Waals surface area (Å²) >= 11 is 1.68. The van der Waals surface area contributed by atoms with Crippen LogP contribution in [0.1, 0.15) is 30.6 Å². The molecule has 4 heteroatoms. The van der Waals surface area contributed by atoms with Gasteiger partial charge in [0.15, 0.2) is 17.3 Å². The molecule has 0 aliphatic heterocycles. The van der Waals surface area contributed by atoms with Crippen LogP contribution in [0, 0.1) is 0 Å². The molecule has 0 amide bonds. The first-order valence-electron chi connectivity index (χ1n) is 5.99. The van der Waals surface area contributed by atoms with Crippen molar-refractivity contribution < 1.29 is 14.3 Å². The molecule has 0 saturated heterocycles. The molecule has 0 N–H and O–H groups in total. The van der Waals surface area contributed by atoms with Crippen LogP contribution in [0.3, 0.4) is 0 Å². The van der Waals surface area contributed by atoms with Crippen molar-refractivity contribution in [2.24, 2.45) is 0 Å². The highest BCUT2D eigenvalue weighted by Crippen LogP contribution is 2.28. The SMILES string of the molecule is CC[C@@H](C)SCC(=O)c1ccc(OC)c(OC)c1. The number of ketones is 1. The molecule has 0 aromatic heterocycles. The molecule has 18 heavy (non-hydrogen) atoms. The number of Topliss-reactive ketones (excluding diaryl/α,β-unsaturated/α-hetero) is 1. The van der Waals surface area contributed by atoms with Crippen LogP contribution in [-0.4, -0.2) is 31.0 Å². The molecule has 0 fully saturated rings. The molecule has 0 unspecified atom stereocenters. The number of thioether (sulfide) groups is 1. The van der Waals surface area contributed by atoms with Gasteiger partial charge in [-0.3, -0.25) is 4.79 Å². The van der Waals surface area contributed by atoms with Gasteiger partial charge in [0, 0.05) is 10.8 Å². The number of ether oxygens (including phenoxy) is 2. The molecular formula is C14H20O3S. The number of hydrogen-bond acceptors (Lipinski definition) is 4. The molecular weight excluding hydrogens is 248 g/mol. The lowest BCUT2D eigenvalue weighted by atomic mass is 10.1. The largest absolute Gasteiger partial charge is 0.493 e. The van der Waals surface area contributed by atoms with E-state index in [-0.39, 0.29) is 5.78 Å². The topological polar surface area (TPSA) is 35.5 Å². The van der Waals surface area contributed by atoms with Gasteiger partial charge in [-0.25, -0.2) is 0 Å². The number of rotatable bonds is 7. The minimum atomic E-state index is 0.126. The first-order valence-corrected chi connectivity index (χ1v) is 7.04. The van der Waals surface area contributed by atoms with Gasteiger partial charge in [-0.2, -0.15) is 11.8 Å². The molecule has 100 valence electrons. The van der Waals surface area contributed by atoms with Crippen molar-refractivity contribution in [3.63, 3.8) is 0 Å². The lowest BCUT2D eigenvalue weighted by Gasteiger charge is -2.10. The summed E-state index contributed by atoms with van der Waals surface area (Å²) in [6.45, 7) is 4.26. The number of methoxy groups -OCH3 is 2. The predicted octanol–water partition coefficient (Wildman–Crippen LogP) is 3.42. The van der Waals surface area contributed by atoms with Crippen LogP contribution >= 0.6 is 11.8 Å². The number of hydrogen-bond donors (Lipinski definition) is 0. The lowest BCUT2D eigenvalue weighted by Crippen LogP contribution is -2.06. The van der Waals surface area contributed by atoms with E-state index in [1.807, 2.05) is 0 Å². The first kappa shape index (κ1) is 14.9. The van der Waals surface area contributed by atoms with Gasteiger partial charge in [-0.15, -0.1) is 0 Å². The van der Waals surface area contributed by atoms with Gasteiger partial charge in [0.25, 0.3) is 0 Å². The van der Waals surface area contributed by atoms with Gasteiger partial charge >= 0.3 is 0 Å². The van der Waals surface area contributed by atoms with E-state index in [0.29, 0.717) is 28.1 Å². The highest BCUT2D eigenvalue weighted by Gasteiger charge is 2.12. The van der Waals surface area contributed by atoms with Crippen molar-refractivity contribution in [2.45, 2.75) is 25.5 Å². The number of benzene rings is 1. The van der Waals surface area contributed by atoms with E-state index >= 15 is 0 Å². The first-order chi connectivity index (χ1) is 8.62. The Morgan fingerprint density at radius 1 is 1.28 bits per heavy atom. The highest BCUT2D eigenvalue weighted by atomic mass is 32.2. The average molecular weight is 268 g/mol. The Morgan fingerprint density at radius 2 is 1.94 bits per heavy atom. The second kappa shape index (κ2) is 7.31. The molecule has 1 aromatic rings. The maximum absolute atomic E-state index is 12.0. The highest BCUT2D eigenvalue weighted by molar-refractivity contribution is 8.00. The van der Waals surface area contributed by atoms with Crippen molar-refractivity contribution in [2.75, 3.05) is 20.0 Å². The number of carbonyl (C=O) groups is 1.